The van der Waals surface area contributed by atoms with Crippen LogP contribution < -0.4 is 5.32 Å². The number of aryl methyl sites for hydroxylation is 1. The molecule has 0 radical (unpaired) electrons. The predicted molar refractivity (Wildman–Crippen MR) is 74.4 cm³/mol. The molecule has 0 aliphatic rings. The van der Waals surface area contributed by atoms with Crippen molar-refractivity contribution in [1.29, 1.82) is 0 Å². The van der Waals surface area contributed by atoms with Gasteiger partial charge in [-0.2, -0.15) is 0 Å². The second kappa shape index (κ2) is 7.39. The van der Waals surface area contributed by atoms with Gasteiger partial charge in [-0.1, -0.05) is 12.1 Å². The SMILES string of the molecule is COCC(Cl)CCNC(=O)c1cccc(C)c1C. The Hall–Kier alpha value is -1.06. The Morgan fingerprint density at radius 3 is 2.83 bits per heavy atom. The number of amides is 1. The van der Waals surface area contributed by atoms with Crippen molar-refractivity contribution in [2.24, 2.45) is 0 Å². The molecule has 1 rings (SSSR count). The number of rotatable bonds is 6. The summed E-state index contributed by atoms with van der Waals surface area (Å²) in [6.45, 7) is 5.02. The number of carbonyl (C=O) groups is 1. The Labute approximate surface area is 113 Å². The van der Waals surface area contributed by atoms with E-state index in [1.54, 1.807) is 7.11 Å². The van der Waals surface area contributed by atoms with E-state index in [0.717, 1.165) is 16.7 Å². The molecule has 0 spiro atoms. The Bertz CT molecular complexity index is 407. The van der Waals surface area contributed by atoms with Crippen molar-refractivity contribution in [3.05, 3.63) is 34.9 Å². The average molecular weight is 270 g/mol. The third-order valence-electron chi connectivity index (χ3n) is 2.94. The van der Waals surface area contributed by atoms with Crippen LogP contribution in [-0.2, 0) is 4.74 Å². The van der Waals surface area contributed by atoms with Gasteiger partial charge >= 0.3 is 0 Å². The number of methoxy groups -OCH3 is 1. The Morgan fingerprint density at radius 2 is 2.17 bits per heavy atom. The van der Waals surface area contributed by atoms with E-state index in [1.165, 1.54) is 0 Å². The number of hydrogen-bond donors (Lipinski definition) is 1. The maximum absolute atomic E-state index is 12.0. The van der Waals surface area contributed by atoms with Crippen molar-refractivity contribution in [2.45, 2.75) is 25.6 Å². The van der Waals surface area contributed by atoms with E-state index in [-0.39, 0.29) is 11.3 Å². The standard InChI is InChI=1S/C14H20ClNO2/c1-10-5-4-6-13(11(10)2)14(17)16-8-7-12(15)9-18-3/h4-6,12H,7-9H2,1-3H3,(H,16,17). The summed E-state index contributed by atoms with van der Waals surface area (Å²) in [6.07, 6.45) is 0.700. The van der Waals surface area contributed by atoms with Gasteiger partial charge in [-0.25, -0.2) is 0 Å². The summed E-state index contributed by atoms with van der Waals surface area (Å²) in [6, 6.07) is 5.73. The van der Waals surface area contributed by atoms with E-state index in [4.69, 9.17) is 16.3 Å². The number of hydrogen-bond acceptors (Lipinski definition) is 2. The van der Waals surface area contributed by atoms with Gasteiger partial charge in [0, 0.05) is 19.2 Å². The molecule has 100 valence electrons. The first-order chi connectivity index (χ1) is 8.56. The molecule has 0 fully saturated rings. The lowest BCUT2D eigenvalue weighted by Crippen LogP contribution is -2.27. The third kappa shape index (κ3) is 4.31. The van der Waals surface area contributed by atoms with Crippen LogP contribution in [-0.4, -0.2) is 31.5 Å². The van der Waals surface area contributed by atoms with Gasteiger partial charge in [0.2, 0.25) is 0 Å². The highest BCUT2D eigenvalue weighted by atomic mass is 35.5. The van der Waals surface area contributed by atoms with Crippen molar-refractivity contribution in [3.8, 4) is 0 Å². The zero-order valence-corrected chi connectivity index (χ0v) is 11.9. The minimum absolute atomic E-state index is 0.0440. The van der Waals surface area contributed by atoms with Crippen molar-refractivity contribution < 1.29 is 9.53 Å². The molecule has 1 aromatic carbocycles. The number of benzene rings is 1. The fraction of sp³-hybridized carbons (Fsp3) is 0.500. The van der Waals surface area contributed by atoms with Crippen LogP contribution in [0, 0.1) is 13.8 Å². The fourth-order valence-corrected chi connectivity index (χ4v) is 1.93. The third-order valence-corrected chi connectivity index (χ3v) is 3.28. The molecule has 1 amide bonds. The fourth-order valence-electron chi connectivity index (χ4n) is 1.70. The summed E-state index contributed by atoms with van der Waals surface area (Å²) < 4.78 is 4.94. The zero-order valence-electron chi connectivity index (χ0n) is 11.1. The summed E-state index contributed by atoms with van der Waals surface area (Å²) in [5.74, 6) is -0.0440. The highest BCUT2D eigenvalue weighted by Crippen LogP contribution is 2.12. The maximum Gasteiger partial charge on any atom is 0.251 e. The van der Waals surface area contributed by atoms with Crippen molar-refractivity contribution in [3.63, 3.8) is 0 Å². The van der Waals surface area contributed by atoms with Gasteiger partial charge in [0.15, 0.2) is 0 Å². The molecule has 0 aromatic heterocycles. The largest absolute Gasteiger partial charge is 0.383 e. The monoisotopic (exact) mass is 269 g/mol. The topological polar surface area (TPSA) is 38.3 Å². The minimum Gasteiger partial charge on any atom is -0.383 e. The molecule has 18 heavy (non-hydrogen) atoms. The molecule has 0 heterocycles. The van der Waals surface area contributed by atoms with Crippen LogP contribution in [0.1, 0.15) is 27.9 Å². The number of alkyl halides is 1. The molecule has 1 unspecified atom stereocenters. The van der Waals surface area contributed by atoms with E-state index in [9.17, 15) is 4.79 Å². The summed E-state index contributed by atoms with van der Waals surface area (Å²) in [5.41, 5.74) is 2.87. The first-order valence-corrected chi connectivity index (χ1v) is 6.47. The van der Waals surface area contributed by atoms with E-state index in [2.05, 4.69) is 5.32 Å². The van der Waals surface area contributed by atoms with E-state index in [1.807, 2.05) is 32.0 Å². The number of ether oxygens (including phenoxy) is 1. The second-order valence-electron chi connectivity index (χ2n) is 4.34. The summed E-state index contributed by atoms with van der Waals surface area (Å²) in [4.78, 5) is 12.0. The van der Waals surface area contributed by atoms with Crippen LogP contribution in [0.15, 0.2) is 18.2 Å². The van der Waals surface area contributed by atoms with Gasteiger partial charge in [-0.15, -0.1) is 11.6 Å². The Kier molecular flexibility index (Phi) is 6.16. The van der Waals surface area contributed by atoms with Crippen LogP contribution >= 0.6 is 11.6 Å². The first kappa shape index (κ1) is 15.0. The quantitative estimate of drug-likeness (QED) is 0.807. The van der Waals surface area contributed by atoms with Gasteiger partial charge in [0.1, 0.15) is 0 Å². The second-order valence-corrected chi connectivity index (χ2v) is 4.96. The molecule has 1 atom stereocenters. The van der Waals surface area contributed by atoms with Crippen LogP contribution in [0.25, 0.3) is 0 Å². The molecule has 1 N–H and O–H groups in total. The highest BCUT2D eigenvalue weighted by molar-refractivity contribution is 6.20. The lowest BCUT2D eigenvalue weighted by molar-refractivity contribution is 0.0951. The molecule has 0 aliphatic heterocycles. The van der Waals surface area contributed by atoms with Gasteiger partial charge in [0.25, 0.3) is 5.91 Å². The molecular weight excluding hydrogens is 250 g/mol. The van der Waals surface area contributed by atoms with E-state index >= 15 is 0 Å². The molecule has 0 aliphatic carbocycles. The highest BCUT2D eigenvalue weighted by Gasteiger charge is 2.10. The van der Waals surface area contributed by atoms with Crippen LogP contribution in [0.5, 0.6) is 0 Å². The molecule has 0 saturated heterocycles. The predicted octanol–water partition coefficient (Wildman–Crippen LogP) is 2.68. The molecule has 0 bridgehead atoms. The lowest BCUT2D eigenvalue weighted by atomic mass is 10.0. The Balaban J connectivity index is 2.48. The molecule has 3 nitrogen and oxygen atoms in total. The smallest absolute Gasteiger partial charge is 0.251 e. The summed E-state index contributed by atoms with van der Waals surface area (Å²) in [5, 5.41) is 2.82. The van der Waals surface area contributed by atoms with Gasteiger partial charge in [-0.05, 0) is 37.5 Å². The minimum atomic E-state index is -0.0612. The molecule has 1 aromatic rings. The van der Waals surface area contributed by atoms with Gasteiger partial charge in [-0.3, -0.25) is 4.79 Å². The summed E-state index contributed by atoms with van der Waals surface area (Å²) in [7, 11) is 1.62. The van der Waals surface area contributed by atoms with E-state index in [0.29, 0.717) is 19.6 Å². The lowest BCUT2D eigenvalue weighted by Gasteiger charge is -2.11. The first-order valence-electron chi connectivity index (χ1n) is 6.03. The van der Waals surface area contributed by atoms with Crippen LogP contribution in [0.3, 0.4) is 0 Å². The van der Waals surface area contributed by atoms with Crippen molar-refractivity contribution in [1.82, 2.24) is 5.32 Å². The Morgan fingerprint density at radius 1 is 1.44 bits per heavy atom. The van der Waals surface area contributed by atoms with Gasteiger partial charge < -0.3 is 10.1 Å². The number of nitrogens with one attached hydrogen (secondary N) is 1. The average Bonchev–Trinajstić information content (AvgIpc) is 2.33. The zero-order chi connectivity index (χ0) is 13.5. The maximum atomic E-state index is 12.0. The summed E-state index contributed by atoms with van der Waals surface area (Å²) >= 11 is 5.99. The van der Waals surface area contributed by atoms with E-state index < -0.39 is 0 Å². The number of halogens is 1. The molecule has 0 saturated carbocycles. The van der Waals surface area contributed by atoms with Crippen molar-refractivity contribution >= 4 is 17.5 Å². The number of carbonyl (C=O) groups excluding carboxylic acids is 1. The molecular formula is C14H20ClNO2. The normalized spacial score (nSPS) is 12.2. The van der Waals surface area contributed by atoms with Crippen LogP contribution in [0.4, 0.5) is 0 Å². The van der Waals surface area contributed by atoms with Crippen molar-refractivity contribution in [2.75, 3.05) is 20.3 Å². The van der Waals surface area contributed by atoms with Gasteiger partial charge in [0.05, 0.1) is 12.0 Å². The molecule has 4 heteroatoms. The van der Waals surface area contributed by atoms with Crippen LogP contribution in [0.2, 0.25) is 0 Å².